The fraction of sp³-hybridized carbons (Fsp3) is 0.269. The molecule has 1 aliphatic rings. The fourth-order valence-electron chi connectivity index (χ4n) is 3.85. The van der Waals surface area contributed by atoms with E-state index in [0.717, 1.165) is 11.4 Å². The lowest BCUT2D eigenvalue weighted by Crippen LogP contribution is -2.28. The number of nitrogens with one attached hydrogen (secondary N) is 1. The van der Waals surface area contributed by atoms with Crippen LogP contribution in [0.1, 0.15) is 35.1 Å². The van der Waals surface area contributed by atoms with Crippen LogP contribution >= 0.6 is 0 Å². The number of anilines is 2. The third kappa shape index (κ3) is 5.81. The quantitative estimate of drug-likeness (QED) is 0.514. The van der Waals surface area contributed by atoms with E-state index < -0.39 is 11.9 Å². The van der Waals surface area contributed by atoms with E-state index in [2.05, 4.69) is 15.3 Å². The summed E-state index contributed by atoms with van der Waals surface area (Å²) in [4.78, 5) is 47.4. The maximum absolute atomic E-state index is 12.9. The van der Waals surface area contributed by atoms with Gasteiger partial charge in [0, 0.05) is 41.8 Å². The van der Waals surface area contributed by atoms with E-state index in [1.165, 1.54) is 0 Å². The van der Waals surface area contributed by atoms with Crippen LogP contribution < -0.4 is 15.0 Å². The molecule has 1 saturated heterocycles. The van der Waals surface area contributed by atoms with Gasteiger partial charge in [0.1, 0.15) is 5.75 Å². The molecule has 1 aromatic heterocycles. The number of esters is 1. The van der Waals surface area contributed by atoms with Gasteiger partial charge in [0.05, 0.1) is 18.1 Å². The molecule has 2 heterocycles. The van der Waals surface area contributed by atoms with E-state index in [9.17, 15) is 14.4 Å². The van der Waals surface area contributed by atoms with Crippen molar-refractivity contribution >= 4 is 29.2 Å². The lowest BCUT2D eigenvalue weighted by molar-refractivity contribution is -0.122. The Bertz CT molecular complexity index is 1240. The van der Waals surface area contributed by atoms with Crippen molar-refractivity contribution in [1.29, 1.82) is 0 Å². The minimum Gasteiger partial charge on any atom is -0.462 e. The maximum Gasteiger partial charge on any atom is 0.338 e. The van der Waals surface area contributed by atoms with Gasteiger partial charge in [-0.1, -0.05) is 6.07 Å². The summed E-state index contributed by atoms with van der Waals surface area (Å²) < 4.78 is 10.7. The number of nitrogens with zero attached hydrogens (tertiary/aromatic N) is 3. The highest BCUT2D eigenvalue weighted by molar-refractivity contribution is 6.03. The van der Waals surface area contributed by atoms with Crippen molar-refractivity contribution in [2.45, 2.75) is 27.2 Å². The van der Waals surface area contributed by atoms with Crippen LogP contribution in [0.4, 0.5) is 11.4 Å². The van der Waals surface area contributed by atoms with E-state index in [4.69, 9.17) is 9.47 Å². The van der Waals surface area contributed by atoms with Gasteiger partial charge in [-0.25, -0.2) is 14.8 Å². The van der Waals surface area contributed by atoms with Crippen molar-refractivity contribution in [1.82, 2.24) is 9.97 Å². The molecule has 0 saturated carbocycles. The topological polar surface area (TPSA) is 111 Å². The SMILES string of the molecule is CCOC(=O)c1ccc(N2CC(C(=O)Nc3cccc(Oc4nc(C)cc(C)n4)c3)CC2=O)cc1. The second kappa shape index (κ2) is 10.3. The van der Waals surface area contributed by atoms with Gasteiger partial charge in [0.15, 0.2) is 0 Å². The summed E-state index contributed by atoms with van der Waals surface area (Å²) in [5.74, 6) is -0.862. The Balaban J connectivity index is 1.39. The maximum atomic E-state index is 12.9. The van der Waals surface area contributed by atoms with Gasteiger partial charge < -0.3 is 19.7 Å². The molecule has 0 spiro atoms. The summed E-state index contributed by atoms with van der Waals surface area (Å²) in [6, 6.07) is 15.6. The number of ether oxygens (including phenoxy) is 2. The van der Waals surface area contributed by atoms with Gasteiger partial charge in [0.2, 0.25) is 11.8 Å². The molecule has 2 amide bonds. The Kier molecular flexibility index (Phi) is 7.05. The zero-order chi connectivity index (χ0) is 24.9. The zero-order valence-corrected chi connectivity index (χ0v) is 19.8. The van der Waals surface area contributed by atoms with Gasteiger partial charge >= 0.3 is 12.0 Å². The van der Waals surface area contributed by atoms with Gasteiger partial charge in [-0.15, -0.1) is 0 Å². The molecule has 9 nitrogen and oxygen atoms in total. The summed E-state index contributed by atoms with van der Waals surface area (Å²) in [7, 11) is 0. The van der Waals surface area contributed by atoms with E-state index in [0.29, 0.717) is 22.7 Å². The van der Waals surface area contributed by atoms with Crippen molar-refractivity contribution < 1.29 is 23.9 Å². The van der Waals surface area contributed by atoms with Crippen LogP contribution in [-0.4, -0.2) is 40.9 Å². The third-order valence-electron chi connectivity index (χ3n) is 5.46. The molecule has 1 N–H and O–H groups in total. The number of aryl methyl sites for hydroxylation is 2. The van der Waals surface area contributed by atoms with Crippen LogP contribution in [0.5, 0.6) is 11.8 Å². The monoisotopic (exact) mass is 474 g/mol. The van der Waals surface area contributed by atoms with Crippen LogP contribution in [0.25, 0.3) is 0 Å². The molecule has 0 bridgehead atoms. The first-order valence-electron chi connectivity index (χ1n) is 11.3. The highest BCUT2D eigenvalue weighted by Crippen LogP contribution is 2.28. The molecule has 35 heavy (non-hydrogen) atoms. The number of carbonyl (C=O) groups is 3. The van der Waals surface area contributed by atoms with Crippen LogP contribution in [0.15, 0.2) is 54.6 Å². The molecule has 2 aromatic carbocycles. The predicted molar refractivity (Wildman–Crippen MR) is 130 cm³/mol. The van der Waals surface area contributed by atoms with Crippen molar-refractivity contribution in [3.8, 4) is 11.8 Å². The first-order valence-corrected chi connectivity index (χ1v) is 11.3. The van der Waals surface area contributed by atoms with Gasteiger partial charge in [-0.05, 0) is 63.2 Å². The van der Waals surface area contributed by atoms with Crippen LogP contribution in [0.2, 0.25) is 0 Å². The number of benzene rings is 2. The number of aromatic nitrogens is 2. The van der Waals surface area contributed by atoms with Crippen molar-refractivity contribution in [3.63, 3.8) is 0 Å². The second-order valence-electron chi connectivity index (χ2n) is 8.23. The fourth-order valence-corrected chi connectivity index (χ4v) is 3.85. The molecule has 3 aromatic rings. The Morgan fingerprint density at radius 2 is 1.77 bits per heavy atom. The number of amides is 2. The van der Waals surface area contributed by atoms with Gasteiger partial charge in [0.25, 0.3) is 0 Å². The summed E-state index contributed by atoms with van der Waals surface area (Å²) in [6.45, 7) is 5.99. The molecular weight excluding hydrogens is 448 g/mol. The van der Waals surface area contributed by atoms with Crippen LogP contribution in [-0.2, 0) is 14.3 Å². The number of hydrogen-bond donors (Lipinski definition) is 1. The number of carbonyl (C=O) groups excluding carboxylic acids is 3. The van der Waals surface area contributed by atoms with E-state index in [1.807, 2.05) is 19.9 Å². The van der Waals surface area contributed by atoms with Crippen molar-refractivity contribution in [3.05, 3.63) is 71.5 Å². The van der Waals surface area contributed by atoms with Crippen molar-refractivity contribution in [2.24, 2.45) is 5.92 Å². The lowest BCUT2D eigenvalue weighted by Gasteiger charge is -2.17. The molecule has 0 aliphatic carbocycles. The molecule has 1 atom stereocenters. The normalized spacial score (nSPS) is 15.1. The molecular formula is C26H26N4O5. The molecule has 1 fully saturated rings. The van der Waals surface area contributed by atoms with E-state index in [-0.39, 0.29) is 37.4 Å². The van der Waals surface area contributed by atoms with Crippen LogP contribution in [0.3, 0.4) is 0 Å². The first kappa shape index (κ1) is 23.9. The zero-order valence-electron chi connectivity index (χ0n) is 19.8. The minimum absolute atomic E-state index is 0.0953. The number of hydrogen-bond acceptors (Lipinski definition) is 7. The highest BCUT2D eigenvalue weighted by Gasteiger charge is 2.35. The summed E-state index contributed by atoms with van der Waals surface area (Å²) in [6.07, 6.45) is 0.0953. The average molecular weight is 475 g/mol. The Labute approximate surface area is 203 Å². The van der Waals surface area contributed by atoms with Crippen molar-refractivity contribution in [2.75, 3.05) is 23.4 Å². The summed E-state index contributed by atoms with van der Waals surface area (Å²) >= 11 is 0. The first-order chi connectivity index (χ1) is 16.8. The Morgan fingerprint density at radius 1 is 1.06 bits per heavy atom. The molecule has 180 valence electrons. The summed E-state index contributed by atoms with van der Waals surface area (Å²) in [5.41, 5.74) is 3.17. The molecule has 0 radical (unpaired) electrons. The standard InChI is InChI=1S/C26H26N4O5/c1-4-34-25(33)18-8-10-21(11-9-18)30-15-19(13-23(30)31)24(32)29-20-6-5-7-22(14-20)35-26-27-16(2)12-17(3)28-26/h5-12,14,19H,4,13,15H2,1-3H3,(H,29,32). The van der Waals surface area contributed by atoms with Gasteiger partial charge in [-0.3, -0.25) is 9.59 Å². The molecule has 1 unspecified atom stereocenters. The predicted octanol–water partition coefficient (Wildman–Crippen LogP) is 4.05. The lowest BCUT2D eigenvalue weighted by atomic mass is 10.1. The largest absolute Gasteiger partial charge is 0.462 e. The minimum atomic E-state index is -0.514. The average Bonchev–Trinajstić information content (AvgIpc) is 3.21. The number of rotatable bonds is 7. The molecule has 1 aliphatic heterocycles. The highest BCUT2D eigenvalue weighted by atomic mass is 16.5. The smallest absolute Gasteiger partial charge is 0.338 e. The summed E-state index contributed by atoms with van der Waals surface area (Å²) in [5, 5.41) is 2.86. The molecule has 4 rings (SSSR count). The second-order valence-corrected chi connectivity index (χ2v) is 8.23. The van der Waals surface area contributed by atoms with E-state index >= 15 is 0 Å². The van der Waals surface area contributed by atoms with E-state index in [1.54, 1.807) is 60.4 Å². The molecule has 9 heteroatoms. The van der Waals surface area contributed by atoms with Crippen LogP contribution in [0, 0.1) is 19.8 Å². The third-order valence-corrected chi connectivity index (χ3v) is 5.46. The van der Waals surface area contributed by atoms with Gasteiger partial charge in [-0.2, -0.15) is 0 Å². The Hall–Kier alpha value is -4.27. The Morgan fingerprint density at radius 3 is 2.46 bits per heavy atom.